The summed E-state index contributed by atoms with van der Waals surface area (Å²) in [6.07, 6.45) is 0. The predicted octanol–water partition coefficient (Wildman–Crippen LogP) is 5.89. The summed E-state index contributed by atoms with van der Waals surface area (Å²) in [5.41, 5.74) is 2.86. The molecule has 6 heteroatoms. The molecule has 0 saturated heterocycles. The van der Waals surface area contributed by atoms with Crippen molar-refractivity contribution < 1.29 is 9.53 Å². The Morgan fingerprint density at radius 1 is 1.15 bits per heavy atom. The normalized spacial score (nSPS) is 11.3. The second-order valence-corrected chi connectivity index (χ2v) is 8.90. The summed E-state index contributed by atoms with van der Waals surface area (Å²) in [5.74, 6) is 0.505. The Bertz CT molecular complexity index is 930. The van der Waals surface area contributed by atoms with Crippen molar-refractivity contribution in [2.45, 2.75) is 26.2 Å². The first-order chi connectivity index (χ1) is 12.8. The van der Waals surface area contributed by atoms with E-state index in [9.17, 15) is 4.79 Å². The summed E-state index contributed by atoms with van der Waals surface area (Å²) in [6.45, 7) is 6.30. The third-order valence-electron chi connectivity index (χ3n) is 3.94. The highest BCUT2D eigenvalue weighted by atomic mass is 79.9. The van der Waals surface area contributed by atoms with E-state index in [1.54, 1.807) is 0 Å². The van der Waals surface area contributed by atoms with Crippen molar-refractivity contribution >= 4 is 38.3 Å². The molecule has 0 aliphatic carbocycles. The van der Waals surface area contributed by atoms with Crippen LogP contribution in [0.2, 0.25) is 0 Å². The fourth-order valence-corrected chi connectivity index (χ4v) is 3.60. The first-order valence-corrected chi connectivity index (χ1v) is 10.2. The molecule has 2 aromatic carbocycles. The molecule has 0 unspecified atom stereocenters. The highest BCUT2D eigenvalue weighted by Gasteiger charge is 2.19. The van der Waals surface area contributed by atoms with Crippen molar-refractivity contribution in [1.82, 2.24) is 4.98 Å². The first-order valence-electron chi connectivity index (χ1n) is 8.56. The van der Waals surface area contributed by atoms with Gasteiger partial charge in [0.1, 0.15) is 5.75 Å². The Morgan fingerprint density at radius 2 is 1.85 bits per heavy atom. The molecule has 0 saturated carbocycles. The minimum Gasteiger partial charge on any atom is -0.483 e. The Labute approximate surface area is 171 Å². The maximum atomic E-state index is 12.3. The van der Waals surface area contributed by atoms with Gasteiger partial charge in [-0.15, -0.1) is 11.3 Å². The average molecular weight is 445 g/mol. The third kappa shape index (κ3) is 5.17. The molecule has 1 aromatic heterocycles. The minimum absolute atomic E-state index is 0.0536. The van der Waals surface area contributed by atoms with Crippen molar-refractivity contribution in [3.05, 3.63) is 63.9 Å². The molecule has 1 N–H and O–H groups in total. The molecular weight excluding hydrogens is 424 g/mol. The van der Waals surface area contributed by atoms with Crippen LogP contribution in [0.1, 0.15) is 26.3 Å². The molecule has 140 valence electrons. The van der Waals surface area contributed by atoms with Gasteiger partial charge in [0, 0.05) is 15.4 Å². The van der Waals surface area contributed by atoms with E-state index in [0.29, 0.717) is 5.13 Å². The summed E-state index contributed by atoms with van der Waals surface area (Å²) in [5, 5.41) is 5.29. The molecule has 0 bridgehead atoms. The number of benzene rings is 2. The summed E-state index contributed by atoms with van der Waals surface area (Å²) < 4.78 is 6.78. The van der Waals surface area contributed by atoms with Gasteiger partial charge >= 0.3 is 0 Å². The summed E-state index contributed by atoms with van der Waals surface area (Å²) in [6, 6.07) is 15.7. The molecule has 3 aromatic rings. The summed E-state index contributed by atoms with van der Waals surface area (Å²) in [4.78, 5) is 16.7. The zero-order chi connectivity index (χ0) is 19.4. The zero-order valence-electron chi connectivity index (χ0n) is 15.5. The monoisotopic (exact) mass is 444 g/mol. The average Bonchev–Trinajstić information content (AvgIpc) is 3.08. The number of aromatic nitrogens is 1. The number of hydrogen-bond donors (Lipinski definition) is 1. The summed E-state index contributed by atoms with van der Waals surface area (Å²) >= 11 is 4.82. The van der Waals surface area contributed by atoms with Crippen LogP contribution in [-0.2, 0) is 10.2 Å². The van der Waals surface area contributed by atoms with Crippen LogP contribution in [0.25, 0.3) is 11.3 Å². The van der Waals surface area contributed by atoms with E-state index in [4.69, 9.17) is 4.74 Å². The van der Waals surface area contributed by atoms with E-state index in [2.05, 4.69) is 47.0 Å². The molecule has 1 heterocycles. The molecule has 0 atom stereocenters. The van der Waals surface area contributed by atoms with Gasteiger partial charge in [-0.2, -0.15) is 0 Å². The van der Waals surface area contributed by atoms with E-state index >= 15 is 0 Å². The Morgan fingerprint density at radius 3 is 2.56 bits per heavy atom. The van der Waals surface area contributed by atoms with Gasteiger partial charge < -0.3 is 4.74 Å². The third-order valence-corrected chi connectivity index (χ3v) is 5.23. The number of para-hydroxylation sites is 1. The van der Waals surface area contributed by atoms with Gasteiger partial charge in [-0.1, -0.05) is 67.0 Å². The standard InChI is InChI=1S/C21H21BrN2O2S/c1-21(2,3)16-6-4-5-7-18(16)26-12-19(25)24-20-23-17(13-27-20)14-8-10-15(22)11-9-14/h4-11,13H,12H2,1-3H3,(H,23,24,25). The molecule has 4 nitrogen and oxygen atoms in total. The lowest BCUT2D eigenvalue weighted by Gasteiger charge is -2.22. The highest BCUT2D eigenvalue weighted by Crippen LogP contribution is 2.31. The first kappa shape index (κ1) is 19.6. The Hall–Kier alpha value is -2.18. The number of halogens is 1. The number of carbonyl (C=O) groups excluding carboxylic acids is 1. The molecule has 0 aliphatic heterocycles. The number of nitrogens with one attached hydrogen (secondary N) is 1. The molecule has 0 radical (unpaired) electrons. The maximum Gasteiger partial charge on any atom is 0.264 e. The molecule has 0 spiro atoms. The Kier molecular flexibility index (Phi) is 5.97. The molecule has 3 rings (SSSR count). The van der Waals surface area contributed by atoms with Crippen LogP contribution < -0.4 is 10.1 Å². The van der Waals surface area contributed by atoms with Gasteiger partial charge in [0.25, 0.3) is 5.91 Å². The van der Waals surface area contributed by atoms with E-state index < -0.39 is 0 Å². The van der Waals surface area contributed by atoms with Crippen LogP contribution in [0.5, 0.6) is 5.75 Å². The van der Waals surface area contributed by atoms with E-state index in [0.717, 1.165) is 27.0 Å². The smallest absolute Gasteiger partial charge is 0.264 e. The fourth-order valence-electron chi connectivity index (χ4n) is 2.60. The van der Waals surface area contributed by atoms with Gasteiger partial charge in [0.05, 0.1) is 5.69 Å². The number of anilines is 1. The quantitative estimate of drug-likeness (QED) is 0.533. The van der Waals surface area contributed by atoms with Gasteiger partial charge in [0.15, 0.2) is 11.7 Å². The highest BCUT2D eigenvalue weighted by molar-refractivity contribution is 9.10. The largest absolute Gasteiger partial charge is 0.483 e. The van der Waals surface area contributed by atoms with Crippen LogP contribution in [0.4, 0.5) is 5.13 Å². The number of carbonyl (C=O) groups is 1. The zero-order valence-corrected chi connectivity index (χ0v) is 17.9. The lowest BCUT2D eigenvalue weighted by atomic mass is 9.86. The number of hydrogen-bond acceptors (Lipinski definition) is 4. The van der Waals surface area contributed by atoms with E-state index in [1.807, 2.05) is 53.9 Å². The minimum atomic E-state index is -0.226. The molecule has 0 aliphatic rings. The number of rotatable bonds is 5. The lowest BCUT2D eigenvalue weighted by Crippen LogP contribution is -2.21. The number of amides is 1. The van der Waals surface area contributed by atoms with Gasteiger partial charge in [-0.3, -0.25) is 10.1 Å². The van der Waals surface area contributed by atoms with Crippen molar-refractivity contribution in [2.75, 3.05) is 11.9 Å². The number of nitrogens with zero attached hydrogens (tertiary/aromatic N) is 1. The Balaban J connectivity index is 1.62. The fraction of sp³-hybridized carbons (Fsp3) is 0.238. The van der Waals surface area contributed by atoms with Gasteiger partial charge in [-0.05, 0) is 29.2 Å². The molecule has 0 fully saturated rings. The van der Waals surface area contributed by atoms with Crippen molar-refractivity contribution in [2.24, 2.45) is 0 Å². The predicted molar refractivity (Wildman–Crippen MR) is 115 cm³/mol. The number of ether oxygens (including phenoxy) is 1. The molecule has 1 amide bonds. The van der Waals surface area contributed by atoms with Crippen LogP contribution in [0, 0.1) is 0 Å². The van der Waals surface area contributed by atoms with Gasteiger partial charge in [-0.25, -0.2) is 4.98 Å². The second-order valence-electron chi connectivity index (χ2n) is 7.13. The summed E-state index contributed by atoms with van der Waals surface area (Å²) in [7, 11) is 0. The van der Waals surface area contributed by atoms with E-state index in [1.165, 1.54) is 11.3 Å². The lowest BCUT2D eigenvalue weighted by molar-refractivity contribution is -0.118. The SMILES string of the molecule is CC(C)(C)c1ccccc1OCC(=O)Nc1nc(-c2ccc(Br)cc2)cs1. The molecule has 27 heavy (non-hydrogen) atoms. The van der Waals surface area contributed by atoms with Gasteiger partial charge in [0.2, 0.25) is 0 Å². The molecular formula is C21H21BrN2O2S. The van der Waals surface area contributed by atoms with Crippen LogP contribution in [0.3, 0.4) is 0 Å². The second kappa shape index (κ2) is 8.23. The van der Waals surface area contributed by atoms with Crippen molar-refractivity contribution in [3.63, 3.8) is 0 Å². The van der Waals surface area contributed by atoms with Crippen LogP contribution in [0.15, 0.2) is 58.4 Å². The van der Waals surface area contributed by atoms with Crippen molar-refractivity contribution in [1.29, 1.82) is 0 Å². The topological polar surface area (TPSA) is 51.2 Å². The van der Waals surface area contributed by atoms with E-state index in [-0.39, 0.29) is 17.9 Å². The van der Waals surface area contributed by atoms with Crippen molar-refractivity contribution in [3.8, 4) is 17.0 Å². The van der Waals surface area contributed by atoms with Crippen LogP contribution in [-0.4, -0.2) is 17.5 Å². The maximum absolute atomic E-state index is 12.3. The van der Waals surface area contributed by atoms with Crippen LogP contribution >= 0.6 is 27.3 Å². The number of thiazole rings is 1.